The van der Waals surface area contributed by atoms with Gasteiger partial charge in [0.1, 0.15) is 12.3 Å². The van der Waals surface area contributed by atoms with Crippen LogP contribution in [-0.2, 0) is 16.1 Å². The molecule has 3 amide bonds. The summed E-state index contributed by atoms with van der Waals surface area (Å²) in [5.74, 6) is -2.63. The molecule has 13 heteroatoms. The van der Waals surface area contributed by atoms with Crippen LogP contribution < -0.4 is 16.4 Å². The lowest BCUT2D eigenvalue weighted by atomic mass is 9.89. The SMILES string of the molecule is NC1(C(=O)c2ccccc2)NC(=O)N([C@H]2C[C@H](O)[C@@H](CO)O2)C=C1C=Cc1ccc(CNC(=O)C(F)(F)F)cc1. The van der Waals surface area contributed by atoms with Gasteiger partial charge in [0.2, 0.25) is 5.78 Å². The first-order valence-corrected chi connectivity index (χ1v) is 12.2. The monoisotopic (exact) mass is 560 g/mol. The summed E-state index contributed by atoms with van der Waals surface area (Å²) >= 11 is 0. The molecule has 0 aromatic heterocycles. The fraction of sp³-hybridized carbons (Fsp3) is 0.296. The van der Waals surface area contributed by atoms with E-state index < -0.39 is 54.6 Å². The van der Waals surface area contributed by atoms with Gasteiger partial charge >= 0.3 is 18.1 Å². The van der Waals surface area contributed by atoms with E-state index in [0.29, 0.717) is 11.1 Å². The Kier molecular flexibility index (Phi) is 8.40. The predicted molar refractivity (Wildman–Crippen MR) is 136 cm³/mol. The molecule has 1 fully saturated rings. The maximum absolute atomic E-state index is 13.5. The van der Waals surface area contributed by atoms with Crippen molar-refractivity contribution in [2.45, 2.75) is 43.2 Å². The van der Waals surface area contributed by atoms with Crippen molar-refractivity contribution in [1.82, 2.24) is 15.5 Å². The lowest BCUT2D eigenvalue weighted by molar-refractivity contribution is -0.173. The summed E-state index contributed by atoms with van der Waals surface area (Å²) in [6, 6.07) is 13.6. The maximum atomic E-state index is 13.5. The summed E-state index contributed by atoms with van der Waals surface area (Å²) in [7, 11) is 0. The molecule has 4 rings (SSSR count). The van der Waals surface area contributed by atoms with Crippen molar-refractivity contribution in [3.05, 3.63) is 89.1 Å². The van der Waals surface area contributed by atoms with Gasteiger partial charge in [0.25, 0.3) is 0 Å². The van der Waals surface area contributed by atoms with E-state index in [4.69, 9.17) is 10.5 Å². The topological polar surface area (TPSA) is 154 Å². The molecule has 2 aliphatic rings. The Hall–Kier alpha value is -4.04. The molecule has 2 aromatic rings. The molecule has 0 radical (unpaired) electrons. The number of urea groups is 1. The average molecular weight is 561 g/mol. The maximum Gasteiger partial charge on any atom is 0.471 e. The molecule has 0 bridgehead atoms. The predicted octanol–water partition coefficient (Wildman–Crippen LogP) is 1.79. The number of carbonyl (C=O) groups excluding carboxylic acids is 3. The van der Waals surface area contributed by atoms with Gasteiger partial charge in [-0.2, -0.15) is 13.2 Å². The van der Waals surface area contributed by atoms with Crippen LogP contribution in [-0.4, -0.2) is 69.7 Å². The minimum atomic E-state index is -4.98. The molecule has 6 N–H and O–H groups in total. The molecule has 2 aromatic carbocycles. The Balaban J connectivity index is 1.60. The first-order chi connectivity index (χ1) is 18.9. The van der Waals surface area contributed by atoms with Crippen molar-refractivity contribution in [3.8, 4) is 0 Å². The number of hydrogen-bond acceptors (Lipinski definition) is 7. The van der Waals surface area contributed by atoms with Gasteiger partial charge in [-0.1, -0.05) is 66.7 Å². The number of ether oxygens (including phenoxy) is 1. The highest BCUT2D eigenvalue weighted by Gasteiger charge is 2.47. The van der Waals surface area contributed by atoms with Gasteiger partial charge in [0, 0.05) is 30.3 Å². The van der Waals surface area contributed by atoms with Crippen molar-refractivity contribution in [2.24, 2.45) is 5.73 Å². The van der Waals surface area contributed by atoms with Gasteiger partial charge in [-0.3, -0.25) is 20.2 Å². The lowest BCUT2D eigenvalue weighted by Gasteiger charge is -2.39. The largest absolute Gasteiger partial charge is 0.471 e. The molecule has 2 aliphatic heterocycles. The zero-order chi connectivity index (χ0) is 29.1. The van der Waals surface area contributed by atoms with Crippen LogP contribution in [0.1, 0.15) is 27.9 Å². The van der Waals surface area contributed by atoms with Crippen molar-refractivity contribution in [3.63, 3.8) is 0 Å². The van der Waals surface area contributed by atoms with E-state index in [9.17, 15) is 37.8 Å². The number of nitrogens with two attached hydrogens (primary N) is 1. The van der Waals surface area contributed by atoms with Crippen molar-refractivity contribution in [1.29, 1.82) is 0 Å². The van der Waals surface area contributed by atoms with E-state index in [1.807, 2.05) is 0 Å². The summed E-state index contributed by atoms with van der Waals surface area (Å²) in [4.78, 5) is 38.7. The summed E-state index contributed by atoms with van der Waals surface area (Å²) in [6.45, 7) is -0.777. The van der Waals surface area contributed by atoms with E-state index in [1.165, 1.54) is 24.4 Å². The third-order valence-corrected chi connectivity index (χ3v) is 6.51. The van der Waals surface area contributed by atoms with Gasteiger partial charge in [-0.05, 0) is 11.1 Å². The molecular formula is C27H27F3N4O6. The normalized spacial score (nSPS) is 25.1. The van der Waals surface area contributed by atoms with Crippen molar-refractivity contribution < 1.29 is 42.5 Å². The first kappa shape index (κ1) is 29.0. The fourth-order valence-electron chi connectivity index (χ4n) is 4.27. The van der Waals surface area contributed by atoms with E-state index in [1.54, 1.807) is 53.9 Å². The van der Waals surface area contributed by atoms with E-state index in [-0.39, 0.29) is 24.1 Å². The number of carbonyl (C=O) groups is 3. The Morgan fingerprint density at radius 1 is 1.15 bits per heavy atom. The number of Topliss-reactive ketones (excluding diaryl/α,β-unsaturated/α-hetero) is 1. The molecule has 0 aliphatic carbocycles. The van der Waals surface area contributed by atoms with Gasteiger partial charge < -0.3 is 25.6 Å². The molecule has 212 valence electrons. The number of alkyl halides is 3. The highest BCUT2D eigenvalue weighted by atomic mass is 19.4. The quantitative estimate of drug-likeness (QED) is 0.309. The second kappa shape index (κ2) is 11.6. The highest BCUT2D eigenvalue weighted by molar-refractivity contribution is 6.08. The summed E-state index contributed by atoms with van der Waals surface area (Å²) in [5.41, 5.74) is 5.97. The van der Waals surface area contributed by atoms with Gasteiger partial charge in [0.05, 0.1) is 12.7 Å². The Morgan fingerprint density at radius 3 is 2.42 bits per heavy atom. The molecule has 4 atom stereocenters. The van der Waals surface area contributed by atoms with Crippen molar-refractivity contribution in [2.75, 3.05) is 6.61 Å². The Labute approximate surface area is 226 Å². The number of benzene rings is 2. The molecule has 1 saturated heterocycles. The lowest BCUT2D eigenvalue weighted by Crippen LogP contribution is -2.67. The minimum Gasteiger partial charge on any atom is -0.394 e. The van der Waals surface area contributed by atoms with Gasteiger partial charge in [-0.15, -0.1) is 0 Å². The highest BCUT2D eigenvalue weighted by Crippen LogP contribution is 2.30. The van der Waals surface area contributed by atoms with Crippen LogP contribution in [0, 0.1) is 0 Å². The van der Waals surface area contributed by atoms with Crippen LogP contribution in [0.3, 0.4) is 0 Å². The van der Waals surface area contributed by atoms with E-state index in [0.717, 1.165) is 4.90 Å². The number of halogens is 3. The third kappa shape index (κ3) is 6.23. The molecule has 0 spiro atoms. The van der Waals surface area contributed by atoms with Crippen LogP contribution in [0.5, 0.6) is 0 Å². The number of aliphatic hydroxyl groups is 2. The fourth-order valence-corrected chi connectivity index (χ4v) is 4.27. The molecule has 1 unspecified atom stereocenters. The summed E-state index contributed by atoms with van der Waals surface area (Å²) < 4.78 is 42.8. The zero-order valence-electron chi connectivity index (χ0n) is 21.0. The number of amides is 3. The molecular weight excluding hydrogens is 533 g/mol. The molecule has 10 nitrogen and oxygen atoms in total. The smallest absolute Gasteiger partial charge is 0.394 e. The number of nitrogens with one attached hydrogen (secondary N) is 2. The van der Waals surface area contributed by atoms with Crippen LogP contribution >= 0.6 is 0 Å². The zero-order valence-corrected chi connectivity index (χ0v) is 21.0. The number of rotatable bonds is 8. The van der Waals surface area contributed by atoms with Crippen LogP contribution in [0.25, 0.3) is 6.08 Å². The molecule has 2 heterocycles. The summed E-state index contributed by atoms with van der Waals surface area (Å²) in [5, 5.41) is 23.9. The Morgan fingerprint density at radius 2 is 1.82 bits per heavy atom. The van der Waals surface area contributed by atoms with E-state index >= 15 is 0 Å². The number of nitrogens with zero attached hydrogens (tertiary/aromatic N) is 1. The van der Waals surface area contributed by atoms with Crippen molar-refractivity contribution >= 4 is 23.8 Å². The minimum absolute atomic E-state index is 0.0166. The van der Waals surface area contributed by atoms with Crippen LogP contribution in [0.2, 0.25) is 0 Å². The standard InChI is InChI=1S/C27H27F3N4O6/c28-27(29,30)24(38)32-13-17-8-6-16(7-9-17)10-11-19-14-34(22-12-20(36)21(15-35)40-22)25(39)33-26(19,31)23(37)18-4-2-1-3-5-18/h1-11,14,20-22,35-36H,12-13,15,31H2,(H,32,38)(H,33,39)/t20-,21+,22+,26?/m0/s1. The first-order valence-electron chi connectivity index (χ1n) is 12.2. The number of aliphatic hydroxyl groups excluding tert-OH is 2. The Bertz CT molecular complexity index is 1320. The summed E-state index contributed by atoms with van der Waals surface area (Å²) in [6.07, 6.45) is -3.37. The third-order valence-electron chi connectivity index (χ3n) is 6.51. The van der Waals surface area contributed by atoms with Gasteiger partial charge in [-0.25, -0.2) is 4.79 Å². The average Bonchev–Trinajstić information content (AvgIpc) is 3.31. The molecule has 0 saturated carbocycles. The van der Waals surface area contributed by atoms with E-state index in [2.05, 4.69) is 5.32 Å². The van der Waals surface area contributed by atoms with Crippen LogP contribution in [0.4, 0.5) is 18.0 Å². The number of ketones is 1. The molecule has 40 heavy (non-hydrogen) atoms. The number of hydrogen-bond donors (Lipinski definition) is 5. The van der Waals surface area contributed by atoms with Gasteiger partial charge in [0.15, 0.2) is 5.66 Å². The second-order valence-electron chi connectivity index (χ2n) is 9.30. The van der Waals surface area contributed by atoms with Crippen LogP contribution in [0.15, 0.2) is 72.4 Å². The second-order valence-corrected chi connectivity index (χ2v) is 9.30.